The Morgan fingerprint density at radius 3 is 2.55 bits per heavy atom. The summed E-state index contributed by atoms with van der Waals surface area (Å²) >= 11 is 0. The topological polar surface area (TPSA) is 55.3 Å². The zero-order valence-corrected chi connectivity index (χ0v) is 20.8. The number of nitrogens with zero attached hydrogens (tertiary/aromatic N) is 2. The van der Waals surface area contributed by atoms with Gasteiger partial charge in [0, 0.05) is 20.1 Å². The number of hydrogen-bond donors (Lipinski definition) is 1. The Hall–Kier alpha value is -2.07. The second kappa shape index (κ2) is 12.1. The largest absolute Gasteiger partial charge is 0.497 e. The lowest BCUT2D eigenvalue weighted by atomic mass is 10.1. The van der Waals surface area contributed by atoms with E-state index in [0.717, 1.165) is 41.6 Å². The Morgan fingerprint density at radius 1 is 1.16 bits per heavy atom. The van der Waals surface area contributed by atoms with Crippen LogP contribution in [0, 0.1) is 5.82 Å². The van der Waals surface area contributed by atoms with Gasteiger partial charge in [0.05, 0.1) is 26.9 Å². The van der Waals surface area contributed by atoms with Gasteiger partial charge in [-0.3, -0.25) is 4.99 Å². The first-order valence-corrected chi connectivity index (χ1v) is 10.1. The molecule has 0 bridgehead atoms. The van der Waals surface area contributed by atoms with Crippen molar-refractivity contribution >= 4 is 29.9 Å². The zero-order valence-electron chi connectivity index (χ0n) is 18.4. The second-order valence-corrected chi connectivity index (χ2v) is 7.29. The number of nitrogens with one attached hydrogen (secondary N) is 1. The van der Waals surface area contributed by atoms with E-state index in [9.17, 15) is 4.39 Å². The molecule has 1 N–H and O–H groups in total. The number of rotatable bonds is 6. The van der Waals surface area contributed by atoms with Crippen LogP contribution >= 0.6 is 24.0 Å². The fourth-order valence-corrected chi connectivity index (χ4v) is 3.70. The van der Waals surface area contributed by atoms with E-state index in [0.29, 0.717) is 13.1 Å². The van der Waals surface area contributed by atoms with Crippen LogP contribution in [0.3, 0.4) is 0 Å². The van der Waals surface area contributed by atoms with Crippen LogP contribution in [0.5, 0.6) is 11.5 Å². The van der Waals surface area contributed by atoms with Gasteiger partial charge >= 0.3 is 0 Å². The summed E-state index contributed by atoms with van der Waals surface area (Å²) in [5, 5.41) is 3.44. The molecule has 0 spiro atoms. The van der Waals surface area contributed by atoms with Crippen molar-refractivity contribution in [3.05, 3.63) is 59.4 Å². The summed E-state index contributed by atoms with van der Waals surface area (Å²) in [6, 6.07) is 12.3. The first-order chi connectivity index (χ1) is 14.5. The van der Waals surface area contributed by atoms with E-state index in [2.05, 4.69) is 15.2 Å². The Balaban J connectivity index is 0.00000341. The maximum absolute atomic E-state index is 13.3. The minimum absolute atomic E-state index is 0. The molecule has 2 aromatic carbocycles. The minimum atomic E-state index is -0.245. The molecular formula is C23H31FIN3O3. The van der Waals surface area contributed by atoms with Crippen molar-refractivity contribution in [2.45, 2.75) is 25.6 Å². The van der Waals surface area contributed by atoms with Gasteiger partial charge in [-0.25, -0.2) is 4.39 Å². The highest BCUT2D eigenvalue weighted by Gasteiger charge is 2.28. The highest BCUT2D eigenvalue weighted by atomic mass is 127. The van der Waals surface area contributed by atoms with Crippen LogP contribution in [0.1, 0.15) is 24.2 Å². The molecule has 31 heavy (non-hydrogen) atoms. The molecule has 0 amide bonds. The van der Waals surface area contributed by atoms with E-state index < -0.39 is 0 Å². The standard InChI is InChI=1S/C23H30FN3O3.HI/c1-16-14-27(15-22(30-16)17-5-7-19(24)8-6-17)23(25-2)26-12-11-18-13-20(28-3)9-10-21(18)29-4;/h5-10,13,16,22H,11-12,14-15H2,1-4H3,(H,25,26);1H. The van der Waals surface area contributed by atoms with E-state index in [1.165, 1.54) is 12.1 Å². The van der Waals surface area contributed by atoms with Crippen molar-refractivity contribution in [1.29, 1.82) is 0 Å². The van der Waals surface area contributed by atoms with Gasteiger partial charge in [0.2, 0.25) is 0 Å². The fourth-order valence-electron chi connectivity index (χ4n) is 3.70. The van der Waals surface area contributed by atoms with E-state index >= 15 is 0 Å². The first kappa shape index (κ1) is 25.2. The number of ether oxygens (including phenoxy) is 3. The fraction of sp³-hybridized carbons (Fsp3) is 0.435. The molecule has 8 heteroatoms. The number of aliphatic imine (C=N–C) groups is 1. The molecule has 2 aromatic rings. The molecule has 1 fully saturated rings. The summed E-state index contributed by atoms with van der Waals surface area (Å²) in [6.45, 7) is 4.12. The normalized spacial score (nSPS) is 18.9. The van der Waals surface area contributed by atoms with Crippen molar-refractivity contribution in [2.24, 2.45) is 4.99 Å². The summed E-state index contributed by atoms with van der Waals surface area (Å²) in [5.41, 5.74) is 2.03. The third-order valence-corrected chi connectivity index (χ3v) is 5.18. The second-order valence-electron chi connectivity index (χ2n) is 7.29. The van der Waals surface area contributed by atoms with Crippen LogP contribution in [-0.4, -0.2) is 57.9 Å². The molecule has 6 nitrogen and oxygen atoms in total. The quantitative estimate of drug-likeness (QED) is 0.339. The van der Waals surface area contributed by atoms with Gasteiger partial charge in [0.15, 0.2) is 5.96 Å². The van der Waals surface area contributed by atoms with Gasteiger partial charge in [-0.05, 0) is 54.8 Å². The molecular weight excluding hydrogens is 512 g/mol. The van der Waals surface area contributed by atoms with Crippen molar-refractivity contribution in [1.82, 2.24) is 10.2 Å². The molecule has 1 aliphatic rings. The van der Waals surface area contributed by atoms with Gasteiger partial charge in [-0.1, -0.05) is 12.1 Å². The van der Waals surface area contributed by atoms with Gasteiger partial charge in [-0.15, -0.1) is 24.0 Å². The molecule has 2 atom stereocenters. The third-order valence-electron chi connectivity index (χ3n) is 5.18. The van der Waals surface area contributed by atoms with Crippen LogP contribution in [0.4, 0.5) is 4.39 Å². The Labute approximate surface area is 200 Å². The van der Waals surface area contributed by atoms with Gasteiger partial charge in [0.1, 0.15) is 23.4 Å². The van der Waals surface area contributed by atoms with Crippen LogP contribution in [0.2, 0.25) is 0 Å². The number of benzene rings is 2. The first-order valence-electron chi connectivity index (χ1n) is 10.1. The summed E-state index contributed by atoms with van der Waals surface area (Å²) in [7, 11) is 5.10. The monoisotopic (exact) mass is 543 g/mol. The molecule has 3 rings (SSSR count). The number of methoxy groups -OCH3 is 2. The number of morpholine rings is 1. The number of hydrogen-bond acceptors (Lipinski definition) is 4. The molecule has 1 aliphatic heterocycles. The maximum atomic E-state index is 13.3. The molecule has 2 unspecified atom stereocenters. The average Bonchev–Trinajstić information content (AvgIpc) is 2.76. The van der Waals surface area contributed by atoms with E-state index in [4.69, 9.17) is 14.2 Å². The lowest BCUT2D eigenvalue weighted by Crippen LogP contribution is -2.51. The van der Waals surface area contributed by atoms with Gasteiger partial charge in [-0.2, -0.15) is 0 Å². The van der Waals surface area contributed by atoms with Crippen molar-refractivity contribution in [3.8, 4) is 11.5 Å². The van der Waals surface area contributed by atoms with Crippen molar-refractivity contribution in [3.63, 3.8) is 0 Å². The molecule has 0 saturated carbocycles. The number of halogens is 2. The SMILES string of the molecule is CN=C(NCCc1cc(OC)ccc1OC)N1CC(C)OC(c2ccc(F)cc2)C1.I. The molecule has 0 radical (unpaired) electrons. The average molecular weight is 543 g/mol. The highest BCUT2D eigenvalue weighted by molar-refractivity contribution is 14.0. The highest BCUT2D eigenvalue weighted by Crippen LogP contribution is 2.26. The van der Waals surface area contributed by atoms with Crippen LogP contribution < -0.4 is 14.8 Å². The van der Waals surface area contributed by atoms with Crippen LogP contribution in [0.25, 0.3) is 0 Å². The van der Waals surface area contributed by atoms with Crippen molar-refractivity contribution in [2.75, 3.05) is 40.9 Å². The summed E-state index contributed by atoms with van der Waals surface area (Å²) in [5.74, 6) is 2.22. The van der Waals surface area contributed by atoms with E-state index in [1.807, 2.05) is 25.1 Å². The summed E-state index contributed by atoms with van der Waals surface area (Å²) in [6.07, 6.45) is 0.665. The predicted molar refractivity (Wildman–Crippen MR) is 131 cm³/mol. The maximum Gasteiger partial charge on any atom is 0.193 e. The molecule has 170 valence electrons. The molecule has 1 heterocycles. The van der Waals surface area contributed by atoms with Crippen molar-refractivity contribution < 1.29 is 18.6 Å². The molecule has 1 saturated heterocycles. The summed E-state index contributed by atoms with van der Waals surface area (Å²) in [4.78, 5) is 6.64. The van der Waals surface area contributed by atoms with E-state index in [-0.39, 0.29) is 42.0 Å². The number of guanidine groups is 1. The lowest BCUT2D eigenvalue weighted by molar-refractivity contribution is -0.0604. The third kappa shape index (κ3) is 6.70. The van der Waals surface area contributed by atoms with Crippen LogP contribution in [0.15, 0.2) is 47.5 Å². The van der Waals surface area contributed by atoms with Gasteiger partial charge < -0.3 is 24.4 Å². The predicted octanol–water partition coefficient (Wildman–Crippen LogP) is 4.04. The zero-order chi connectivity index (χ0) is 21.5. The molecule has 0 aliphatic carbocycles. The smallest absolute Gasteiger partial charge is 0.193 e. The minimum Gasteiger partial charge on any atom is -0.497 e. The summed E-state index contributed by atoms with van der Waals surface area (Å²) < 4.78 is 30.2. The Kier molecular flexibility index (Phi) is 9.83. The van der Waals surface area contributed by atoms with Crippen LogP contribution in [-0.2, 0) is 11.2 Å². The Bertz CT molecular complexity index is 864. The van der Waals surface area contributed by atoms with Gasteiger partial charge in [0.25, 0.3) is 0 Å². The lowest BCUT2D eigenvalue weighted by Gasteiger charge is -2.38. The van der Waals surface area contributed by atoms with E-state index in [1.54, 1.807) is 33.4 Å². The molecule has 0 aromatic heterocycles. The Morgan fingerprint density at radius 2 is 1.90 bits per heavy atom.